The summed E-state index contributed by atoms with van der Waals surface area (Å²) in [7, 11) is 0. The van der Waals surface area contributed by atoms with Crippen molar-refractivity contribution in [1.29, 1.82) is 0 Å². The van der Waals surface area contributed by atoms with E-state index >= 15 is 0 Å². The molecule has 0 saturated carbocycles. The lowest BCUT2D eigenvalue weighted by atomic mass is 9.79. The summed E-state index contributed by atoms with van der Waals surface area (Å²) in [6.45, 7) is 0. The van der Waals surface area contributed by atoms with Gasteiger partial charge in [-0.25, -0.2) is 0 Å². The van der Waals surface area contributed by atoms with Crippen LogP contribution in [-0.4, -0.2) is 30.6 Å². The molecular formula is C28H22O6. The Kier molecular flexibility index (Phi) is 5.06. The van der Waals surface area contributed by atoms with E-state index < -0.39 is 11.8 Å². The van der Waals surface area contributed by atoms with Crippen molar-refractivity contribution in [3.63, 3.8) is 0 Å². The number of allylic oxidation sites excluding steroid dienone is 1. The van der Waals surface area contributed by atoms with Crippen molar-refractivity contribution in [3.05, 3.63) is 107 Å². The zero-order valence-corrected chi connectivity index (χ0v) is 17.9. The highest BCUT2D eigenvalue weighted by molar-refractivity contribution is 5.93. The van der Waals surface area contributed by atoms with Gasteiger partial charge < -0.3 is 30.6 Å². The zero-order chi connectivity index (χ0) is 24.0. The molecule has 6 N–H and O–H groups in total. The van der Waals surface area contributed by atoms with Crippen molar-refractivity contribution in [3.8, 4) is 34.5 Å². The lowest BCUT2D eigenvalue weighted by molar-refractivity contribution is 0.440. The van der Waals surface area contributed by atoms with E-state index in [1.165, 1.54) is 24.3 Å². The number of phenolic OH excluding ortho intramolecular Hbond substituents is 6. The molecular weight excluding hydrogens is 432 g/mol. The SMILES string of the molecule is Oc1ccc(/C=C2/c3cc(O)cc(O)c3[C@H](c3cc(O)cc(O)c3)[C@H]2c2ccc(O)cc2)cc1. The monoisotopic (exact) mass is 454 g/mol. The van der Waals surface area contributed by atoms with Crippen molar-refractivity contribution in [2.75, 3.05) is 0 Å². The molecule has 0 amide bonds. The summed E-state index contributed by atoms with van der Waals surface area (Å²) in [6.07, 6.45) is 1.91. The predicted molar refractivity (Wildman–Crippen MR) is 128 cm³/mol. The van der Waals surface area contributed by atoms with Gasteiger partial charge in [-0.1, -0.05) is 30.3 Å². The standard InChI is InChI=1S/C28H22O6/c29-18-5-1-15(2-6-18)9-23-24-13-22(33)14-25(34)28(24)27(17-10-20(31)12-21(32)11-17)26(23)16-3-7-19(30)8-4-16/h1-14,26-27,29-34H/b23-9-/t26-,27+/m0/s1. The predicted octanol–water partition coefficient (Wildman–Crippen LogP) is 5.39. The molecule has 4 aromatic rings. The number of aromatic hydroxyl groups is 6. The fourth-order valence-electron chi connectivity index (χ4n) is 4.83. The third kappa shape index (κ3) is 3.75. The number of fused-ring (bicyclic) bond motifs is 1. The molecule has 34 heavy (non-hydrogen) atoms. The van der Waals surface area contributed by atoms with Crippen LogP contribution in [-0.2, 0) is 0 Å². The first-order valence-corrected chi connectivity index (χ1v) is 10.7. The van der Waals surface area contributed by atoms with Gasteiger partial charge in [0.1, 0.15) is 34.5 Å². The average Bonchev–Trinajstić information content (AvgIpc) is 3.09. The van der Waals surface area contributed by atoms with Gasteiger partial charge in [-0.2, -0.15) is 0 Å². The maximum absolute atomic E-state index is 10.9. The van der Waals surface area contributed by atoms with E-state index in [0.29, 0.717) is 16.7 Å². The van der Waals surface area contributed by atoms with Crippen LogP contribution in [0.25, 0.3) is 11.6 Å². The van der Waals surface area contributed by atoms with Crippen molar-refractivity contribution >= 4 is 11.6 Å². The van der Waals surface area contributed by atoms with Crippen molar-refractivity contribution in [2.24, 2.45) is 0 Å². The Labute approximate surface area is 195 Å². The highest BCUT2D eigenvalue weighted by atomic mass is 16.3. The first-order valence-electron chi connectivity index (χ1n) is 10.7. The van der Waals surface area contributed by atoms with E-state index in [9.17, 15) is 30.6 Å². The van der Waals surface area contributed by atoms with Gasteiger partial charge in [0.2, 0.25) is 0 Å². The van der Waals surface area contributed by atoms with Gasteiger partial charge in [0.05, 0.1) is 0 Å². The van der Waals surface area contributed by atoms with Crippen LogP contribution in [0.4, 0.5) is 0 Å². The van der Waals surface area contributed by atoms with Crippen LogP contribution < -0.4 is 0 Å². The van der Waals surface area contributed by atoms with Crippen molar-refractivity contribution in [1.82, 2.24) is 0 Å². The lowest BCUT2D eigenvalue weighted by Gasteiger charge is -2.23. The molecule has 2 atom stereocenters. The largest absolute Gasteiger partial charge is 0.508 e. The van der Waals surface area contributed by atoms with Gasteiger partial charge in [0, 0.05) is 29.5 Å². The topological polar surface area (TPSA) is 121 Å². The second kappa shape index (κ2) is 8.08. The molecule has 6 nitrogen and oxygen atoms in total. The first-order chi connectivity index (χ1) is 16.3. The van der Waals surface area contributed by atoms with Crippen LogP contribution in [0, 0.1) is 0 Å². The van der Waals surface area contributed by atoms with E-state index in [0.717, 1.165) is 16.7 Å². The minimum Gasteiger partial charge on any atom is -0.508 e. The molecule has 0 fully saturated rings. The summed E-state index contributed by atoms with van der Waals surface area (Å²) in [6, 6.07) is 20.5. The highest BCUT2D eigenvalue weighted by Gasteiger charge is 2.41. The maximum Gasteiger partial charge on any atom is 0.123 e. The molecule has 5 rings (SSSR count). The molecule has 170 valence electrons. The minimum atomic E-state index is -0.512. The maximum atomic E-state index is 10.9. The Morgan fingerprint density at radius 3 is 1.68 bits per heavy atom. The van der Waals surface area contributed by atoms with Gasteiger partial charge in [-0.15, -0.1) is 0 Å². The van der Waals surface area contributed by atoms with E-state index in [-0.39, 0.29) is 34.5 Å². The summed E-state index contributed by atoms with van der Waals surface area (Å²) in [4.78, 5) is 0. The molecule has 0 heterocycles. The molecule has 4 aromatic carbocycles. The van der Waals surface area contributed by atoms with Gasteiger partial charge in [0.25, 0.3) is 0 Å². The van der Waals surface area contributed by atoms with Crippen LogP contribution in [0.5, 0.6) is 34.5 Å². The molecule has 1 aliphatic rings. The van der Waals surface area contributed by atoms with Crippen LogP contribution in [0.3, 0.4) is 0 Å². The molecule has 0 aliphatic heterocycles. The fourth-order valence-corrected chi connectivity index (χ4v) is 4.83. The lowest BCUT2D eigenvalue weighted by Crippen LogP contribution is -2.08. The molecule has 0 saturated heterocycles. The van der Waals surface area contributed by atoms with E-state index in [4.69, 9.17) is 0 Å². The number of rotatable bonds is 3. The summed E-state index contributed by atoms with van der Waals surface area (Å²) < 4.78 is 0. The zero-order valence-electron chi connectivity index (χ0n) is 17.9. The third-order valence-corrected chi connectivity index (χ3v) is 6.18. The fraction of sp³-hybridized carbons (Fsp3) is 0.0714. The van der Waals surface area contributed by atoms with Gasteiger partial charge in [0.15, 0.2) is 0 Å². The molecule has 1 aliphatic carbocycles. The Morgan fingerprint density at radius 2 is 1.06 bits per heavy atom. The second-order valence-corrected chi connectivity index (χ2v) is 8.45. The summed E-state index contributed by atoms with van der Waals surface area (Å²) in [5.41, 5.74) is 4.15. The second-order valence-electron chi connectivity index (χ2n) is 8.45. The van der Waals surface area contributed by atoms with Crippen LogP contribution in [0.1, 0.15) is 39.7 Å². The average molecular weight is 454 g/mol. The van der Waals surface area contributed by atoms with E-state index in [1.807, 2.05) is 6.08 Å². The Bertz CT molecular complexity index is 1380. The number of phenols is 6. The smallest absolute Gasteiger partial charge is 0.123 e. The van der Waals surface area contributed by atoms with Crippen LogP contribution >= 0.6 is 0 Å². The van der Waals surface area contributed by atoms with Crippen molar-refractivity contribution in [2.45, 2.75) is 11.8 Å². The molecule has 0 aromatic heterocycles. The summed E-state index contributed by atoms with van der Waals surface area (Å²) in [5, 5.41) is 61.2. The third-order valence-electron chi connectivity index (χ3n) is 6.18. The van der Waals surface area contributed by atoms with Crippen LogP contribution in [0.15, 0.2) is 78.9 Å². The minimum absolute atomic E-state index is 0.100. The number of benzene rings is 4. The Hall–Kier alpha value is -4.58. The van der Waals surface area contributed by atoms with Crippen molar-refractivity contribution < 1.29 is 30.6 Å². The van der Waals surface area contributed by atoms with Gasteiger partial charge in [-0.3, -0.25) is 0 Å². The molecule has 0 unspecified atom stereocenters. The van der Waals surface area contributed by atoms with Gasteiger partial charge >= 0.3 is 0 Å². The van der Waals surface area contributed by atoms with E-state index in [1.54, 1.807) is 54.6 Å². The summed E-state index contributed by atoms with van der Waals surface area (Å²) in [5.74, 6) is -1.11. The molecule has 0 spiro atoms. The normalized spacial score (nSPS) is 18.2. The number of hydrogen-bond acceptors (Lipinski definition) is 6. The van der Waals surface area contributed by atoms with Gasteiger partial charge in [-0.05, 0) is 70.3 Å². The summed E-state index contributed by atoms with van der Waals surface area (Å²) >= 11 is 0. The first kappa shape index (κ1) is 21.3. The Morgan fingerprint density at radius 1 is 0.500 bits per heavy atom. The quantitative estimate of drug-likeness (QED) is 0.247. The van der Waals surface area contributed by atoms with E-state index in [2.05, 4.69) is 0 Å². The van der Waals surface area contributed by atoms with Crippen LogP contribution in [0.2, 0.25) is 0 Å². The molecule has 0 bridgehead atoms. The Balaban J connectivity index is 1.82. The highest BCUT2D eigenvalue weighted by Crippen LogP contribution is 2.58. The molecule has 0 radical (unpaired) electrons. The molecule has 6 heteroatoms. The number of hydrogen-bond donors (Lipinski definition) is 6.